The molecule has 9 nitrogen and oxygen atoms in total. The Morgan fingerprint density at radius 2 is 1.11 bits per heavy atom. The van der Waals surface area contributed by atoms with Gasteiger partial charge in [0, 0.05) is 12.8 Å². The number of hydrogen-bond acceptors (Lipinski definition) is 7. The van der Waals surface area contributed by atoms with Crippen molar-refractivity contribution in [2.45, 2.75) is 174 Å². The van der Waals surface area contributed by atoms with E-state index in [2.05, 4.69) is 56.4 Å². The summed E-state index contributed by atoms with van der Waals surface area (Å²) < 4.78 is 34.2. The fraction of sp³-hybridized carbons (Fsp3) is 0.773. The summed E-state index contributed by atoms with van der Waals surface area (Å²) >= 11 is 0. The van der Waals surface area contributed by atoms with Gasteiger partial charge in [0.25, 0.3) is 0 Å². The smallest absolute Gasteiger partial charge is 0.462 e. The predicted octanol–water partition coefficient (Wildman–Crippen LogP) is 11.9. The molecule has 0 amide bonds. The van der Waals surface area contributed by atoms with Gasteiger partial charge < -0.3 is 18.9 Å². The highest BCUT2D eigenvalue weighted by Gasteiger charge is 2.27. The lowest BCUT2D eigenvalue weighted by atomic mass is 10.0. The van der Waals surface area contributed by atoms with E-state index in [9.17, 15) is 19.0 Å². The van der Waals surface area contributed by atoms with Crippen molar-refractivity contribution >= 4 is 19.8 Å². The molecular weight excluding hydrogens is 703 g/mol. The Balaban J connectivity index is 4.49. The van der Waals surface area contributed by atoms with Gasteiger partial charge in [0.05, 0.1) is 27.7 Å². The van der Waals surface area contributed by atoms with Crippen LogP contribution < -0.4 is 0 Å². The van der Waals surface area contributed by atoms with Crippen LogP contribution in [0.1, 0.15) is 168 Å². The SMILES string of the molecule is CCCCC/C=C\C/C=C\C/C=C\C/C=C\CCC[14C](=O)O[C@H](COC(=O)CCCCCCCCCCCCCCC)COP(=O)(O)OCC[N+](C)(C)C. The molecule has 0 fully saturated rings. The third-order valence-corrected chi connectivity index (χ3v) is 9.85. The van der Waals surface area contributed by atoms with E-state index < -0.39 is 26.5 Å². The van der Waals surface area contributed by atoms with Gasteiger partial charge in [0.1, 0.15) is 19.8 Å². The molecule has 54 heavy (non-hydrogen) atoms. The van der Waals surface area contributed by atoms with Gasteiger partial charge >= 0.3 is 19.8 Å². The molecule has 1 unspecified atom stereocenters. The first-order valence-corrected chi connectivity index (χ1v) is 22.9. The van der Waals surface area contributed by atoms with Crippen LogP contribution in [0, 0.1) is 0 Å². The first kappa shape index (κ1) is 52.0. The molecule has 0 aromatic rings. The number of carbonyl (C=O) groups excluding carboxylic acids is 2. The molecule has 0 heterocycles. The number of hydrogen-bond donors (Lipinski definition) is 1. The third kappa shape index (κ3) is 39.7. The normalized spacial score (nSPS) is 14.1. The minimum absolute atomic E-state index is 0.0212. The highest BCUT2D eigenvalue weighted by molar-refractivity contribution is 7.47. The number of ether oxygens (including phenoxy) is 2. The maximum atomic E-state index is 12.6. The van der Waals surface area contributed by atoms with E-state index in [-0.39, 0.29) is 32.0 Å². The summed E-state index contributed by atoms with van der Waals surface area (Å²) in [6.07, 6.45) is 41.6. The largest absolute Gasteiger partial charge is 0.472 e. The molecule has 0 aliphatic rings. The monoisotopic (exact) mass is 785 g/mol. The van der Waals surface area contributed by atoms with Crippen LogP contribution in [0.5, 0.6) is 0 Å². The zero-order valence-electron chi connectivity index (χ0n) is 35.2. The highest BCUT2D eigenvalue weighted by Crippen LogP contribution is 2.43. The number of phosphoric acid groups is 1. The average molecular weight is 785 g/mol. The van der Waals surface area contributed by atoms with Crippen LogP contribution in [0.3, 0.4) is 0 Å². The fourth-order valence-electron chi connectivity index (χ4n) is 5.48. The predicted molar refractivity (Wildman–Crippen MR) is 224 cm³/mol. The van der Waals surface area contributed by atoms with E-state index in [0.29, 0.717) is 23.9 Å². The molecule has 0 aliphatic heterocycles. The van der Waals surface area contributed by atoms with Crippen LogP contribution in [0.25, 0.3) is 0 Å². The number of unbranched alkanes of at least 4 members (excludes halogenated alkanes) is 16. The summed E-state index contributed by atoms with van der Waals surface area (Å²) in [5.74, 6) is -0.864. The van der Waals surface area contributed by atoms with Crippen LogP contribution in [0.15, 0.2) is 48.6 Å². The quantitative estimate of drug-likeness (QED) is 0.0217. The standard InChI is InChI=1S/C44H80NO8P/c1-6-8-10-12-14-16-18-20-21-22-23-25-27-29-31-33-35-37-44(47)53-42(41-52-54(48,49)51-39-38-45(3,4)5)40-50-43(46)36-34-32-30-28-26-24-19-17-15-13-11-9-7-2/h14,16,20-21,23,25,29,31,42H,6-13,15,17-19,22,24,26-28,30,32-41H2,1-5H3/p+1/b16-14-,21-20-,25-23-,31-29-/t42-/m1/s1/i44+2. The number of rotatable bonds is 38. The molecule has 0 rings (SSSR count). The van der Waals surface area contributed by atoms with Gasteiger partial charge in [0.2, 0.25) is 0 Å². The second-order valence-corrected chi connectivity index (χ2v) is 16.8. The molecule has 1 N–H and O–H groups in total. The summed E-state index contributed by atoms with van der Waals surface area (Å²) in [5.41, 5.74) is 0. The Morgan fingerprint density at radius 3 is 1.63 bits per heavy atom. The molecule has 0 aromatic heterocycles. The topological polar surface area (TPSA) is 108 Å². The number of carbonyl (C=O) groups is 2. The summed E-state index contributed by atoms with van der Waals surface area (Å²) in [7, 11) is 1.44. The highest BCUT2D eigenvalue weighted by atomic mass is 31.2. The van der Waals surface area contributed by atoms with Crippen LogP contribution in [0.4, 0.5) is 0 Å². The third-order valence-electron chi connectivity index (χ3n) is 8.86. The van der Waals surface area contributed by atoms with Crippen molar-refractivity contribution in [3.05, 3.63) is 48.6 Å². The fourth-order valence-corrected chi connectivity index (χ4v) is 6.22. The zero-order valence-corrected chi connectivity index (χ0v) is 36.1. The van der Waals surface area contributed by atoms with Gasteiger partial charge in [-0.05, 0) is 51.4 Å². The number of esters is 2. The minimum Gasteiger partial charge on any atom is -0.462 e. The molecule has 0 bridgehead atoms. The van der Waals surface area contributed by atoms with Crippen LogP contribution in [-0.4, -0.2) is 74.9 Å². The van der Waals surface area contributed by atoms with Crippen LogP contribution >= 0.6 is 7.82 Å². The van der Waals surface area contributed by atoms with Crippen molar-refractivity contribution in [2.24, 2.45) is 0 Å². The van der Waals surface area contributed by atoms with E-state index in [1.54, 1.807) is 0 Å². The van der Waals surface area contributed by atoms with Crippen molar-refractivity contribution in [1.82, 2.24) is 0 Å². The van der Waals surface area contributed by atoms with Gasteiger partial charge in [-0.3, -0.25) is 18.6 Å². The molecule has 0 aliphatic carbocycles. The van der Waals surface area contributed by atoms with Crippen molar-refractivity contribution in [3.63, 3.8) is 0 Å². The van der Waals surface area contributed by atoms with E-state index >= 15 is 0 Å². The van der Waals surface area contributed by atoms with E-state index in [0.717, 1.165) is 38.5 Å². The van der Waals surface area contributed by atoms with Gasteiger partial charge in [-0.1, -0.05) is 152 Å². The number of phosphoric ester groups is 1. The van der Waals surface area contributed by atoms with Crippen molar-refractivity contribution in [2.75, 3.05) is 47.5 Å². The Kier molecular flexibility index (Phi) is 35.2. The summed E-state index contributed by atoms with van der Waals surface area (Å²) in [5, 5.41) is 0. The number of likely N-dealkylation sites (N-methyl/N-ethyl adjacent to an activating group) is 1. The maximum absolute atomic E-state index is 12.6. The van der Waals surface area contributed by atoms with E-state index in [1.165, 1.54) is 89.9 Å². The second kappa shape index (κ2) is 36.6. The maximum Gasteiger partial charge on any atom is 0.472 e. The summed E-state index contributed by atoms with van der Waals surface area (Å²) in [6, 6.07) is 0. The molecular formula is C44H81NO8P+. The zero-order chi connectivity index (χ0) is 40.0. The van der Waals surface area contributed by atoms with Crippen LogP contribution in [-0.2, 0) is 32.7 Å². The Hall–Kier alpha value is -2.03. The van der Waals surface area contributed by atoms with Gasteiger partial charge in [0.15, 0.2) is 6.10 Å². The summed E-state index contributed by atoms with van der Waals surface area (Å²) in [4.78, 5) is 35.3. The van der Waals surface area contributed by atoms with Gasteiger partial charge in [-0.2, -0.15) is 0 Å². The lowest BCUT2D eigenvalue weighted by Gasteiger charge is -2.24. The Bertz CT molecular complexity index is 1070. The van der Waals surface area contributed by atoms with Crippen molar-refractivity contribution in [1.29, 1.82) is 0 Å². The molecule has 0 aromatic carbocycles. The van der Waals surface area contributed by atoms with Gasteiger partial charge in [-0.15, -0.1) is 0 Å². The van der Waals surface area contributed by atoms with E-state index in [4.69, 9.17) is 18.5 Å². The Labute approximate surface area is 331 Å². The molecule has 0 spiro atoms. The molecule has 0 saturated heterocycles. The molecule has 0 saturated carbocycles. The summed E-state index contributed by atoms with van der Waals surface area (Å²) in [6.45, 7) is 4.32. The first-order chi connectivity index (χ1) is 26.0. The Morgan fingerprint density at radius 1 is 0.648 bits per heavy atom. The average Bonchev–Trinajstić information content (AvgIpc) is 3.12. The molecule has 0 radical (unpaired) electrons. The van der Waals surface area contributed by atoms with Crippen molar-refractivity contribution in [3.8, 4) is 0 Å². The minimum atomic E-state index is -4.39. The molecule has 314 valence electrons. The van der Waals surface area contributed by atoms with Crippen LogP contribution in [0.2, 0.25) is 0 Å². The lowest BCUT2D eigenvalue weighted by Crippen LogP contribution is -2.37. The second-order valence-electron chi connectivity index (χ2n) is 15.4. The number of quaternary nitrogens is 1. The number of nitrogens with zero attached hydrogens (tertiary/aromatic N) is 1. The molecule has 2 atom stereocenters. The van der Waals surface area contributed by atoms with Gasteiger partial charge in [-0.25, -0.2) is 4.57 Å². The first-order valence-electron chi connectivity index (χ1n) is 21.4. The van der Waals surface area contributed by atoms with E-state index in [1.807, 2.05) is 27.2 Å². The van der Waals surface area contributed by atoms with Crippen molar-refractivity contribution < 1.29 is 42.1 Å². The number of allylic oxidation sites excluding steroid dienone is 8. The lowest BCUT2D eigenvalue weighted by molar-refractivity contribution is -0.870. The molecule has 10 heteroatoms.